The van der Waals surface area contributed by atoms with Crippen LogP contribution >= 0.6 is 0 Å². The molecule has 0 aromatic rings. The lowest BCUT2D eigenvalue weighted by Gasteiger charge is -2.25. The van der Waals surface area contributed by atoms with Crippen LogP contribution < -0.4 is 5.32 Å². The standard InChI is InChI=1S/C13H27FN2O/c1-17-11-10-16(9-4-2-3-7-14)12-13-6-5-8-15-13/h13,15H,2-12H2,1H3. The summed E-state index contributed by atoms with van der Waals surface area (Å²) in [7, 11) is 1.75. The first-order chi connectivity index (χ1) is 8.36. The predicted molar refractivity (Wildman–Crippen MR) is 69.2 cm³/mol. The first-order valence-corrected chi connectivity index (χ1v) is 6.87. The summed E-state index contributed by atoms with van der Waals surface area (Å²) in [6.07, 6.45) is 5.39. The summed E-state index contributed by atoms with van der Waals surface area (Å²) in [6.45, 7) is 4.94. The number of ether oxygens (including phenoxy) is 1. The van der Waals surface area contributed by atoms with Gasteiger partial charge in [-0.05, 0) is 45.2 Å². The van der Waals surface area contributed by atoms with Crippen molar-refractivity contribution in [3.8, 4) is 0 Å². The molecule has 0 aliphatic carbocycles. The zero-order valence-electron chi connectivity index (χ0n) is 11.1. The minimum atomic E-state index is -0.178. The Morgan fingerprint density at radius 2 is 2.18 bits per heavy atom. The van der Waals surface area contributed by atoms with E-state index in [1.54, 1.807) is 7.11 Å². The Morgan fingerprint density at radius 3 is 2.82 bits per heavy atom. The van der Waals surface area contributed by atoms with Gasteiger partial charge in [0.1, 0.15) is 0 Å². The molecular weight excluding hydrogens is 219 g/mol. The number of hydrogen-bond acceptors (Lipinski definition) is 3. The lowest BCUT2D eigenvalue weighted by atomic mass is 10.2. The van der Waals surface area contributed by atoms with Gasteiger partial charge < -0.3 is 10.1 Å². The molecule has 1 unspecified atom stereocenters. The highest BCUT2D eigenvalue weighted by Crippen LogP contribution is 2.08. The fourth-order valence-electron chi connectivity index (χ4n) is 2.35. The van der Waals surface area contributed by atoms with E-state index >= 15 is 0 Å². The molecule has 1 heterocycles. The molecule has 1 N–H and O–H groups in total. The molecule has 17 heavy (non-hydrogen) atoms. The molecule has 1 aliphatic heterocycles. The van der Waals surface area contributed by atoms with Crippen LogP contribution in [0.2, 0.25) is 0 Å². The Morgan fingerprint density at radius 1 is 1.29 bits per heavy atom. The lowest BCUT2D eigenvalue weighted by molar-refractivity contribution is 0.140. The summed E-state index contributed by atoms with van der Waals surface area (Å²) in [4.78, 5) is 2.45. The van der Waals surface area contributed by atoms with E-state index in [2.05, 4.69) is 10.2 Å². The van der Waals surface area contributed by atoms with Crippen LogP contribution in [-0.2, 0) is 4.74 Å². The maximum Gasteiger partial charge on any atom is 0.0894 e. The molecule has 1 atom stereocenters. The Balaban J connectivity index is 2.16. The fraction of sp³-hybridized carbons (Fsp3) is 1.00. The summed E-state index contributed by atoms with van der Waals surface area (Å²) >= 11 is 0. The number of unbranched alkanes of at least 4 members (excludes halogenated alkanes) is 2. The summed E-state index contributed by atoms with van der Waals surface area (Å²) in [5.41, 5.74) is 0. The van der Waals surface area contributed by atoms with Crippen LogP contribution in [0.15, 0.2) is 0 Å². The minimum absolute atomic E-state index is 0.178. The second-order valence-electron chi connectivity index (χ2n) is 4.84. The van der Waals surface area contributed by atoms with E-state index in [1.807, 2.05) is 0 Å². The summed E-state index contributed by atoms with van der Waals surface area (Å²) < 4.78 is 17.1. The normalized spacial score (nSPS) is 20.3. The summed E-state index contributed by atoms with van der Waals surface area (Å²) in [5, 5.41) is 3.52. The molecular formula is C13H27FN2O. The SMILES string of the molecule is COCCN(CCCCCF)CC1CCCN1. The van der Waals surface area contributed by atoms with Gasteiger partial charge >= 0.3 is 0 Å². The maximum absolute atomic E-state index is 12.0. The third-order valence-corrected chi connectivity index (χ3v) is 3.36. The Bertz CT molecular complexity index is 175. The molecule has 0 saturated carbocycles. The van der Waals surface area contributed by atoms with Crippen LogP contribution in [0.1, 0.15) is 32.1 Å². The number of halogens is 1. The number of nitrogens with zero attached hydrogens (tertiary/aromatic N) is 1. The first-order valence-electron chi connectivity index (χ1n) is 6.87. The fourth-order valence-corrected chi connectivity index (χ4v) is 2.35. The molecule has 102 valence electrons. The average molecular weight is 246 g/mol. The lowest BCUT2D eigenvalue weighted by Crippen LogP contribution is -2.39. The molecule has 4 heteroatoms. The van der Waals surface area contributed by atoms with Crippen LogP contribution in [-0.4, -0.2) is 57.5 Å². The molecule has 1 rings (SSSR count). The quantitative estimate of drug-likeness (QED) is 0.595. The van der Waals surface area contributed by atoms with Crippen LogP contribution in [0.5, 0.6) is 0 Å². The van der Waals surface area contributed by atoms with Crippen molar-refractivity contribution in [2.75, 3.05) is 46.6 Å². The van der Waals surface area contributed by atoms with Crippen molar-refractivity contribution < 1.29 is 9.13 Å². The molecule has 3 nitrogen and oxygen atoms in total. The maximum atomic E-state index is 12.0. The molecule has 1 fully saturated rings. The van der Waals surface area contributed by atoms with E-state index in [0.29, 0.717) is 12.5 Å². The van der Waals surface area contributed by atoms with Gasteiger partial charge in [-0.2, -0.15) is 0 Å². The molecule has 0 aromatic carbocycles. The van der Waals surface area contributed by atoms with Crippen molar-refractivity contribution in [2.24, 2.45) is 0 Å². The largest absolute Gasteiger partial charge is 0.383 e. The topological polar surface area (TPSA) is 24.5 Å². The van der Waals surface area contributed by atoms with E-state index < -0.39 is 0 Å². The van der Waals surface area contributed by atoms with E-state index in [4.69, 9.17) is 4.74 Å². The van der Waals surface area contributed by atoms with E-state index in [9.17, 15) is 4.39 Å². The van der Waals surface area contributed by atoms with Gasteiger partial charge in [-0.15, -0.1) is 0 Å². The van der Waals surface area contributed by atoms with Gasteiger partial charge in [0.25, 0.3) is 0 Å². The third-order valence-electron chi connectivity index (χ3n) is 3.36. The van der Waals surface area contributed by atoms with Gasteiger partial charge in [0, 0.05) is 26.2 Å². The number of alkyl halides is 1. The zero-order valence-corrected chi connectivity index (χ0v) is 11.1. The Kier molecular flexibility index (Phi) is 8.57. The molecule has 1 aliphatic rings. The molecule has 0 spiro atoms. The van der Waals surface area contributed by atoms with Gasteiger partial charge in [-0.25, -0.2) is 0 Å². The molecule has 0 amide bonds. The van der Waals surface area contributed by atoms with Gasteiger partial charge in [0.15, 0.2) is 0 Å². The van der Waals surface area contributed by atoms with Crippen LogP contribution in [0.25, 0.3) is 0 Å². The van der Waals surface area contributed by atoms with Crippen LogP contribution in [0, 0.1) is 0 Å². The van der Waals surface area contributed by atoms with E-state index in [0.717, 1.165) is 45.6 Å². The second kappa shape index (κ2) is 9.80. The molecule has 1 saturated heterocycles. The average Bonchev–Trinajstić information content (AvgIpc) is 2.84. The third kappa shape index (κ3) is 6.96. The highest BCUT2D eigenvalue weighted by Gasteiger charge is 2.17. The Hall–Kier alpha value is -0.190. The van der Waals surface area contributed by atoms with Crippen LogP contribution in [0.3, 0.4) is 0 Å². The van der Waals surface area contributed by atoms with Gasteiger partial charge in [-0.3, -0.25) is 9.29 Å². The van der Waals surface area contributed by atoms with Crippen molar-refractivity contribution in [1.82, 2.24) is 10.2 Å². The zero-order chi connectivity index (χ0) is 12.3. The highest BCUT2D eigenvalue weighted by molar-refractivity contribution is 4.77. The van der Waals surface area contributed by atoms with Crippen LogP contribution in [0.4, 0.5) is 4.39 Å². The number of methoxy groups -OCH3 is 1. The van der Waals surface area contributed by atoms with Crippen molar-refractivity contribution in [3.63, 3.8) is 0 Å². The van der Waals surface area contributed by atoms with Gasteiger partial charge in [0.2, 0.25) is 0 Å². The number of hydrogen-bond donors (Lipinski definition) is 1. The predicted octanol–water partition coefficient (Wildman–Crippen LogP) is 1.83. The minimum Gasteiger partial charge on any atom is -0.383 e. The van der Waals surface area contributed by atoms with Crippen molar-refractivity contribution in [3.05, 3.63) is 0 Å². The van der Waals surface area contributed by atoms with E-state index in [1.165, 1.54) is 12.8 Å². The smallest absolute Gasteiger partial charge is 0.0894 e. The molecule has 0 bridgehead atoms. The highest BCUT2D eigenvalue weighted by atomic mass is 19.1. The van der Waals surface area contributed by atoms with Gasteiger partial charge in [-0.1, -0.05) is 0 Å². The monoisotopic (exact) mass is 246 g/mol. The molecule has 0 radical (unpaired) electrons. The van der Waals surface area contributed by atoms with Gasteiger partial charge in [0.05, 0.1) is 13.3 Å². The van der Waals surface area contributed by atoms with E-state index in [-0.39, 0.29) is 6.67 Å². The van der Waals surface area contributed by atoms with Crippen molar-refractivity contribution in [1.29, 1.82) is 0 Å². The van der Waals surface area contributed by atoms with Crippen molar-refractivity contribution in [2.45, 2.75) is 38.1 Å². The number of nitrogens with one attached hydrogen (secondary N) is 1. The molecule has 0 aromatic heterocycles. The summed E-state index contributed by atoms with van der Waals surface area (Å²) in [6, 6.07) is 0.646. The Labute approximate surface area is 105 Å². The first kappa shape index (κ1) is 14.9. The summed E-state index contributed by atoms with van der Waals surface area (Å²) in [5.74, 6) is 0. The number of rotatable bonds is 10. The van der Waals surface area contributed by atoms with Crippen molar-refractivity contribution >= 4 is 0 Å². The second-order valence-corrected chi connectivity index (χ2v) is 4.84.